The maximum Gasteiger partial charge on any atom is 0.256 e. The molecule has 1 aromatic heterocycles. The van der Waals surface area contributed by atoms with E-state index >= 15 is 0 Å². The first-order valence-electron chi connectivity index (χ1n) is 7.24. The summed E-state index contributed by atoms with van der Waals surface area (Å²) in [4.78, 5) is 15.1. The van der Waals surface area contributed by atoms with Gasteiger partial charge in [0.05, 0.1) is 19.8 Å². The van der Waals surface area contributed by atoms with E-state index in [2.05, 4.69) is 4.98 Å². The summed E-state index contributed by atoms with van der Waals surface area (Å²) in [5, 5.41) is 0. The van der Waals surface area contributed by atoms with E-state index in [1.54, 1.807) is 20.4 Å². The Morgan fingerprint density at radius 1 is 0.826 bits per heavy atom. The van der Waals surface area contributed by atoms with E-state index in [4.69, 9.17) is 9.47 Å². The van der Waals surface area contributed by atoms with Crippen molar-refractivity contribution in [3.63, 3.8) is 0 Å². The Bertz CT molecular complexity index is 869. The van der Waals surface area contributed by atoms with Gasteiger partial charge >= 0.3 is 0 Å². The topological polar surface area (TPSA) is 51.3 Å². The van der Waals surface area contributed by atoms with E-state index in [0.29, 0.717) is 17.1 Å². The highest BCUT2D eigenvalue weighted by Crippen LogP contribution is 2.35. The lowest BCUT2D eigenvalue weighted by atomic mass is 9.96. The fourth-order valence-corrected chi connectivity index (χ4v) is 2.61. The average molecular weight is 307 g/mol. The monoisotopic (exact) mass is 307 g/mol. The van der Waals surface area contributed by atoms with Gasteiger partial charge in [-0.05, 0) is 34.9 Å². The quantitative estimate of drug-likeness (QED) is 0.799. The Morgan fingerprint density at radius 2 is 1.57 bits per heavy atom. The molecule has 0 spiro atoms. The van der Waals surface area contributed by atoms with Gasteiger partial charge in [0.1, 0.15) is 0 Å². The zero-order valence-corrected chi connectivity index (χ0v) is 13.0. The number of nitrogens with one attached hydrogen (secondary N) is 1. The molecule has 0 atom stereocenters. The number of hydrogen-bond donors (Lipinski definition) is 1. The van der Waals surface area contributed by atoms with Crippen LogP contribution in [0.15, 0.2) is 65.6 Å². The molecule has 2 aromatic carbocycles. The van der Waals surface area contributed by atoms with Gasteiger partial charge in [0.25, 0.3) is 5.56 Å². The first-order valence-corrected chi connectivity index (χ1v) is 7.24. The van der Waals surface area contributed by atoms with Crippen LogP contribution in [-0.2, 0) is 0 Å². The maximum absolute atomic E-state index is 12.4. The van der Waals surface area contributed by atoms with Crippen LogP contribution in [0.3, 0.4) is 0 Å². The molecule has 0 bridgehead atoms. The molecule has 0 radical (unpaired) electrons. The second-order valence-electron chi connectivity index (χ2n) is 5.03. The predicted molar refractivity (Wildman–Crippen MR) is 91.0 cm³/mol. The van der Waals surface area contributed by atoms with Crippen molar-refractivity contribution in [3.8, 4) is 33.8 Å². The van der Waals surface area contributed by atoms with Crippen LogP contribution in [0.1, 0.15) is 0 Å². The molecule has 3 rings (SSSR count). The maximum atomic E-state index is 12.4. The zero-order chi connectivity index (χ0) is 16.2. The van der Waals surface area contributed by atoms with Gasteiger partial charge in [-0.1, -0.05) is 36.4 Å². The van der Waals surface area contributed by atoms with Crippen molar-refractivity contribution < 1.29 is 9.47 Å². The molecule has 0 saturated carbocycles. The van der Waals surface area contributed by atoms with Crippen LogP contribution in [0.4, 0.5) is 0 Å². The van der Waals surface area contributed by atoms with Gasteiger partial charge in [0, 0.05) is 6.20 Å². The van der Waals surface area contributed by atoms with Crippen LogP contribution in [0, 0.1) is 0 Å². The molecule has 23 heavy (non-hydrogen) atoms. The third-order valence-electron chi connectivity index (χ3n) is 3.72. The van der Waals surface area contributed by atoms with Crippen LogP contribution in [0.5, 0.6) is 11.5 Å². The number of pyridine rings is 1. The lowest BCUT2D eigenvalue weighted by Gasteiger charge is -2.12. The molecule has 0 aliphatic carbocycles. The summed E-state index contributed by atoms with van der Waals surface area (Å²) in [6.07, 6.45) is 1.65. The van der Waals surface area contributed by atoms with Crippen molar-refractivity contribution in [1.82, 2.24) is 4.98 Å². The van der Waals surface area contributed by atoms with E-state index in [9.17, 15) is 4.79 Å². The largest absolute Gasteiger partial charge is 0.493 e. The standard InChI is InChI=1S/C19H17NO3/c1-22-16-9-8-14(12-17(16)23-2)15-10-11-20-19(21)18(15)13-6-4-3-5-7-13/h3-12H,1-2H3,(H,20,21). The van der Waals surface area contributed by atoms with Crippen molar-refractivity contribution in [2.45, 2.75) is 0 Å². The first kappa shape index (κ1) is 14.9. The number of ether oxygens (including phenoxy) is 2. The molecule has 0 aliphatic heterocycles. The van der Waals surface area contributed by atoms with Gasteiger partial charge in [0.15, 0.2) is 11.5 Å². The molecule has 3 aromatic rings. The minimum Gasteiger partial charge on any atom is -0.493 e. The molecule has 0 fully saturated rings. The SMILES string of the molecule is COc1ccc(-c2cc[nH]c(=O)c2-c2ccccc2)cc1OC. The smallest absolute Gasteiger partial charge is 0.256 e. The summed E-state index contributed by atoms with van der Waals surface area (Å²) in [5.41, 5.74) is 3.14. The molecular formula is C19H17NO3. The Labute approximate surface area is 134 Å². The van der Waals surface area contributed by atoms with Crippen LogP contribution in [0.25, 0.3) is 22.3 Å². The molecule has 1 N–H and O–H groups in total. The van der Waals surface area contributed by atoms with Gasteiger partial charge in [-0.15, -0.1) is 0 Å². The second-order valence-corrected chi connectivity index (χ2v) is 5.03. The third-order valence-corrected chi connectivity index (χ3v) is 3.72. The summed E-state index contributed by atoms with van der Waals surface area (Å²) in [6, 6.07) is 17.1. The Balaban J connectivity index is 2.22. The van der Waals surface area contributed by atoms with Crippen molar-refractivity contribution in [2.75, 3.05) is 14.2 Å². The molecular weight excluding hydrogens is 290 g/mol. The fraction of sp³-hybridized carbons (Fsp3) is 0.105. The van der Waals surface area contributed by atoms with Crippen molar-refractivity contribution >= 4 is 0 Å². The normalized spacial score (nSPS) is 10.3. The molecule has 4 nitrogen and oxygen atoms in total. The van der Waals surface area contributed by atoms with Crippen molar-refractivity contribution in [2.24, 2.45) is 0 Å². The van der Waals surface area contributed by atoms with Crippen molar-refractivity contribution in [1.29, 1.82) is 0 Å². The van der Waals surface area contributed by atoms with Gasteiger partial charge < -0.3 is 14.5 Å². The Kier molecular flexibility index (Phi) is 4.15. The lowest BCUT2D eigenvalue weighted by molar-refractivity contribution is 0.355. The highest BCUT2D eigenvalue weighted by Gasteiger charge is 2.13. The van der Waals surface area contributed by atoms with Gasteiger partial charge in [-0.2, -0.15) is 0 Å². The summed E-state index contributed by atoms with van der Waals surface area (Å²) in [5.74, 6) is 1.28. The number of aromatic amines is 1. The minimum atomic E-state index is -0.122. The summed E-state index contributed by atoms with van der Waals surface area (Å²) in [7, 11) is 3.19. The molecule has 1 heterocycles. The van der Waals surface area contributed by atoms with Gasteiger partial charge in [0.2, 0.25) is 0 Å². The van der Waals surface area contributed by atoms with E-state index in [1.807, 2.05) is 54.6 Å². The van der Waals surface area contributed by atoms with E-state index in [0.717, 1.165) is 16.7 Å². The molecule has 116 valence electrons. The zero-order valence-electron chi connectivity index (χ0n) is 13.0. The Morgan fingerprint density at radius 3 is 2.26 bits per heavy atom. The Hall–Kier alpha value is -3.01. The van der Waals surface area contributed by atoms with E-state index < -0.39 is 0 Å². The third kappa shape index (κ3) is 2.83. The fourth-order valence-electron chi connectivity index (χ4n) is 2.61. The average Bonchev–Trinajstić information content (AvgIpc) is 2.61. The highest BCUT2D eigenvalue weighted by molar-refractivity contribution is 5.83. The molecule has 0 saturated heterocycles. The lowest BCUT2D eigenvalue weighted by Crippen LogP contribution is -2.09. The molecule has 0 unspecified atom stereocenters. The highest BCUT2D eigenvalue weighted by atomic mass is 16.5. The number of aromatic nitrogens is 1. The number of benzene rings is 2. The number of H-pyrrole nitrogens is 1. The van der Waals surface area contributed by atoms with Gasteiger partial charge in [-0.25, -0.2) is 0 Å². The van der Waals surface area contributed by atoms with Gasteiger partial charge in [-0.3, -0.25) is 4.79 Å². The molecule has 0 aliphatic rings. The minimum absolute atomic E-state index is 0.122. The summed E-state index contributed by atoms with van der Waals surface area (Å²) < 4.78 is 10.6. The van der Waals surface area contributed by atoms with Crippen LogP contribution in [-0.4, -0.2) is 19.2 Å². The van der Waals surface area contributed by atoms with Crippen LogP contribution < -0.4 is 15.0 Å². The van der Waals surface area contributed by atoms with Crippen LogP contribution >= 0.6 is 0 Å². The van der Waals surface area contributed by atoms with Crippen LogP contribution in [0.2, 0.25) is 0 Å². The summed E-state index contributed by atoms with van der Waals surface area (Å²) in [6.45, 7) is 0. The van der Waals surface area contributed by atoms with Crippen molar-refractivity contribution in [3.05, 3.63) is 71.1 Å². The second kappa shape index (κ2) is 6.40. The van der Waals surface area contributed by atoms with E-state index in [1.165, 1.54) is 0 Å². The predicted octanol–water partition coefficient (Wildman–Crippen LogP) is 3.73. The summed E-state index contributed by atoms with van der Waals surface area (Å²) >= 11 is 0. The number of methoxy groups -OCH3 is 2. The van der Waals surface area contributed by atoms with E-state index in [-0.39, 0.29) is 5.56 Å². The first-order chi connectivity index (χ1) is 11.2. The molecule has 4 heteroatoms. The molecule has 0 amide bonds. The number of hydrogen-bond acceptors (Lipinski definition) is 3. The number of rotatable bonds is 4.